The Labute approximate surface area is 165 Å². The Kier molecular flexibility index (Phi) is 5.24. The van der Waals surface area contributed by atoms with Crippen molar-refractivity contribution in [2.45, 2.75) is 25.5 Å². The molecule has 29 heavy (non-hydrogen) atoms. The molecule has 0 spiro atoms. The van der Waals surface area contributed by atoms with Crippen LogP contribution in [0.5, 0.6) is 5.75 Å². The number of hydrogen-bond acceptors (Lipinski definition) is 5. The standard InChI is InChI=1S/C21H18FN3O4/c22-18-4-2-1-3-17(18)20(26)23-14-7-9-15(10-8-14)28-12-16-11-19(25-29-16)21(27)24-13-5-6-13/h1-4,7-11,13H,5-6,12H2,(H,23,26)(H,24,27). The highest BCUT2D eigenvalue weighted by molar-refractivity contribution is 6.04. The number of nitrogens with zero attached hydrogens (tertiary/aromatic N) is 1. The van der Waals surface area contributed by atoms with Crippen LogP contribution in [0.25, 0.3) is 0 Å². The summed E-state index contributed by atoms with van der Waals surface area (Å²) in [6.07, 6.45) is 1.99. The van der Waals surface area contributed by atoms with Crippen molar-refractivity contribution in [1.29, 1.82) is 0 Å². The molecule has 3 aromatic rings. The van der Waals surface area contributed by atoms with Crippen LogP contribution in [0.3, 0.4) is 0 Å². The van der Waals surface area contributed by atoms with Gasteiger partial charge in [0, 0.05) is 17.8 Å². The second-order valence-electron chi connectivity index (χ2n) is 6.67. The molecule has 1 aliphatic rings. The zero-order chi connectivity index (χ0) is 20.2. The van der Waals surface area contributed by atoms with E-state index in [2.05, 4.69) is 15.8 Å². The van der Waals surface area contributed by atoms with Crippen molar-refractivity contribution in [3.05, 3.63) is 77.4 Å². The number of ether oxygens (including phenoxy) is 1. The second kappa shape index (κ2) is 8.14. The molecule has 1 aromatic heterocycles. The molecule has 0 atom stereocenters. The van der Waals surface area contributed by atoms with Gasteiger partial charge in [0.1, 0.15) is 18.2 Å². The maximum Gasteiger partial charge on any atom is 0.273 e. The third-order valence-corrected chi connectivity index (χ3v) is 4.32. The van der Waals surface area contributed by atoms with Crippen LogP contribution >= 0.6 is 0 Å². The summed E-state index contributed by atoms with van der Waals surface area (Å²) in [5.41, 5.74) is 0.700. The van der Waals surface area contributed by atoms with Crippen molar-refractivity contribution in [2.75, 3.05) is 5.32 Å². The van der Waals surface area contributed by atoms with Crippen LogP contribution in [0.15, 0.2) is 59.1 Å². The Morgan fingerprint density at radius 2 is 1.86 bits per heavy atom. The molecule has 0 aliphatic heterocycles. The van der Waals surface area contributed by atoms with Crippen LogP contribution in [0.4, 0.5) is 10.1 Å². The van der Waals surface area contributed by atoms with Crippen molar-refractivity contribution in [3.63, 3.8) is 0 Å². The van der Waals surface area contributed by atoms with Crippen molar-refractivity contribution in [3.8, 4) is 5.75 Å². The van der Waals surface area contributed by atoms with E-state index < -0.39 is 11.7 Å². The molecule has 1 aliphatic carbocycles. The molecule has 1 saturated carbocycles. The van der Waals surface area contributed by atoms with E-state index in [1.54, 1.807) is 36.4 Å². The molecule has 0 unspecified atom stereocenters. The number of anilines is 1. The van der Waals surface area contributed by atoms with Crippen LogP contribution in [-0.4, -0.2) is 23.0 Å². The number of carbonyl (C=O) groups excluding carboxylic acids is 2. The highest BCUT2D eigenvalue weighted by Crippen LogP contribution is 2.20. The molecule has 7 nitrogen and oxygen atoms in total. The molecular weight excluding hydrogens is 377 g/mol. The first-order valence-electron chi connectivity index (χ1n) is 9.14. The van der Waals surface area contributed by atoms with Gasteiger partial charge in [-0.1, -0.05) is 17.3 Å². The van der Waals surface area contributed by atoms with Gasteiger partial charge in [-0.05, 0) is 49.2 Å². The number of carbonyl (C=O) groups is 2. The van der Waals surface area contributed by atoms with Gasteiger partial charge in [-0.25, -0.2) is 4.39 Å². The van der Waals surface area contributed by atoms with Crippen LogP contribution in [0, 0.1) is 5.82 Å². The fourth-order valence-electron chi connectivity index (χ4n) is 2.61. The number of aromatic nitrogens is 1. The van der Waals surface area contributed by atoms with Crippen molar-refractivity contribution < 1.29 is 23.2 Å². The number of benzene rings is 2. The molecule has 4 rings (SSSR count). The molecule has 2 aromatic carbocycles. The summed E-state index contributed by atoms with van der Waals surface area (Å²) in [7, 11) is 0. The molecule has 148 valence electrons. The Balaban J connectivity index is 1.30. The third-order valence-electron chi connectivity index (χ3n) is 4.32. The topological polar surface area (TPSA) is 93.5 Å². The first kappa shape index (κ1) is 18.7. The molecule has 0 bridgehead atoms. The Morgan fingerprint density at radius 3 is 2.59 bits per heavy atom. The van der Waals surface area contributed by atoms with E-state index in [4.69, 9.17) is 9.26 Å². The van der Waals surface area contributed by atoms with E-state index in [1.807, 2.05) is 0 Å². The smallest absolute Gasteiger partial charge is 0.273 e. The number of nitrogens with one attached hydrogen (secondary N) is 2. The minimum Gasteiger partial charge on any atom is -0.486 e. The second-order valence-corrected chi connectivity index (χ2v) is 6.67. The van der Waals surface area contributed by atoms with Gasteiger partial charge in [0.25, 0.3) is 11.8 Å². The van der Waals surface area contributed by atoms with Crippen LogP contribution < -0.4 is 15.4 Å². The molecule has 2 N–H and O–H groups in total. The van der Waals surface area contributed by atoms with Gasteiger partial charge >= 0.3 is 0 Å². The highest BCUT2D eigenvalue weighted by Gasteiger charge is 2.25. The van der Waals surface area contributed by atoms with E-state index in [-0.39, 0.29) is 29.8 Å². The van der Waals surface area contributed by atoms with Gasteiger partial charge in [-0.15, -0.1) is 0 Å². The molecule has 0 saturated heterocycles. The Morgan fingerprint density at radius 1 is 1.10 bits per heavy atom. The summed E-state index contributed by atoms with van der Waals surface area (Å²) in [5, 5.41) is 9.21. The molecule has 1 heterocycles. The monoisotopic (exact) mass is 395 g/mol. The van der Waals surface area contributed by atoms with Gasteiger partial charge in [0.15, 0.2) is 11.5 Å². The Hall–Kier alpha value is -3.68. The SMILES string of the molecule is O=C(NC1CC1)c1cc(COc2ccc(NC(=O)c3ccccc3F)cc2)on1. The van der Waals surface area contributed by atoms with E-state index >= 15 is 0 Å². The first-order chi connectivity index (χ1) is 14.1. The lowest BCUT2D eigenvalue weighted by Gasteiger charge is -2.08. The van der Waals surface area contributed by atoms with Crippen LogP contribution in [-0.2, 0) is 6.61 Å². The van der Waals surface area contributed by atoms with Crippen molar-refractivity contribution in [1.82, 2.24) is 10.5 Å². The summed E-state index contributed by atoms with van der Waals surface area (Å²) in [6.45, 7) is 0.102. The maximum atomic E-state index is 13.7. The van der Waals surface area contributed by atoms with Gasteiger partial charge < -0.3 is 19.9 Å². The fraction of sp³-hybridized carbons (Fsp3) is 0.190. The lowest BCUT2D eigenvalue weighted by Crippen LogP contribution is -2.25. The van der Waals surface area contributed by atoms with E-state index in [9.17, 15) is 14.0 Å². The number of halogens is 1. The summed E-state index contributed by atoms with van der Waals surface area (Å²) < 4.78 is 24.4. The van der Waals surface area contributed by atoms with Crippen LogP contribution in [0.1, 0.15) is 39.4 Å². The summed E-state index contributed by atoms with van der Waals surface area (Å²) in [4.78, 5) is 24.0. The normalized spacial score (nSPS) is 13.0. The lowest BCUT2D eigenvalue weighted by molar-refractivity contribution is 0.0940. The third kappa shape index (κ3) is 4.78. The number of rotatable bonds is 7. The van der Waals surface area contributed by atoms with E-state index in [0.717, 1.165) is 12.8 Å². The average molecular weight is 395 g/mol. The van der Waals surface area contributed by atoms with E-state index in [1.165, 1.54) is 18.2 Å². The van der Waals surface area contributed by atoms with Gasteiger partial charge in [0.2, 0.25) is 0 Å². The van der Waals surface area contributed by atoms with Gasteiger partial charge in [-0.3, -0.25) is 9.59 Å². The molecule has 8 heteroatoms. The summed E-state index contributed by atoms with van der Waals surface area (Å²) in [6, 6.07) is 14.2. The molecule has 1 fully saturated rings. The molecular formula is C21H18FN3O4. The van der Waals surface area contributed by atoms with E-state index in [0.29, 0.717) is 17.2 Å². The zero-order valence-electron chi connectivity index (χ0n) is 15.4. The number of hydrogen-bond donors (Lipinski definition) is 2. The maximum absolute atomic E-state index is 13.7. The predicted molar refractivity (Wildman–Crippen MR) is 102 cm³/mol. The minimum atomic E-state index is -0.581. The Bertz CT molecular complexity index is 1030. The first-order valence-corrected chi connectivity index (χ1v) is 9.14. The minimum absolute atomic E-state index is 0.0281. The lowest BCUT2D eigenvalue weighted by atomic mass is 10.2. The van der Waals surface area contributed by atoms with Crippen LogP contribution in [0.2, 0.25) is 0 Å². The molecule has 2 amide bonds. The summed E-state index contributed by atoms with van der Waals surface area (Å²) in [5.74, 6) is -0.410. The quantitative estimate of drug-likeness (QED) is 0.638. The molecule has 0 radical (unpaired) electrons. The van der Waals surface area contributed by atoms with Gasteiger partial charge in [-0.2, -0.15) is 0 Å². The zero-order valence-corrected chi connectivity index (χ0v) is 15.4. The van der Waals surface area contributed by atoms with Crippen molar-refractivity contribution in [2.24, 2.45) is 0 Å². The fourth-order valence-corrected chi connectivity index (χ4v) is 2.61. The average Bonchev–Trinajstić information content (AvgIpc) is 3.40. The highest BCUT2D eigenvalue weighted by atomic mass is 19.1. The predicted octanol–water partition coefficient (Wildman–Crippen LogP) is 3.54. The summed E-state index contributed by atoms with van der Waals surface area (Å²) >= 11 is 0. The number of amides is 2. The largest absolute Gasteiger partial charge is 0.486 e. The van der Waals surface area contributed by atoms with Crippen molar-refractivity contribution >= 4 is 17.5 Å². The van der Waals surface area contributed by atoms with Gasteiger partial charge in [0.05, 0.1) is 5.56 Å².